The Labute approximate surface area is 71.7 Å². The number of aliphatic hydroxyl groups excluding tert-OH is 1. The first-order chi connectivity index (χ1) is 5.88. The summed E-state index contributed by atoms with van der Waals surface area (Å²) in [6, 6.07) is 0. The summed E-state index contributed by atoms with van der Waals surface area (Å²) in [7, 11) is 0. The molecular weight excluding hydrogens is 148 g/mol. The fraction of sp³-hybridized carbons (Fsp3) is 0.0909. The standard InChI is InChI=1S/C11H10O/c12-11(9-5-1-2-6-9)10-7-3-4-8-10/h1-9,12H. The van der Waals surface area contributed by atoms with Crippen LogP contribution in [0.5, 0.6) is 0 Å². The van der Waals surface area contributed by atoms with Gasteiger partial charge in [0.05, 0.1) is 5.92 Å². The summed E-state index contributed by atoms with van der Waals surface area (Å²) < 4.78 is 0. The molecule has 0 radical (unpaired) electrons. The lowest BCUT2D eigenvalue weighted by atomic mass is 10.1. The fourth-order valence-electron chi connectivity index (χ4n) is 1.35. The van der Waals surface area contributed by atoms with E-state index in [1.807, 2.05) is 48.6 Å². The summed E-state index contributed by atoms with van der Waals surface area (Å²) in [6.07, 6.45) is 15.5. The van der Waals surface area contributed by atoms with E-state index in [2.05, 4.69) is 0 Å². The average Bonchev–Trinajstić information content (AvgIpc) is 2.77. The Morgan fingerprint density at radius 2 is 1.58 bits per heavy atom. The van der Waals surface area contributed by atoms with Crippen LogP contribution in [-0.4, -0.2) is 5.11 Å². The van der Waals surface area contributed by atoms with Gasteiger partial charge in [0.2, 0.25) is 0 Å². The van der Waals surface area contributed by atoms with Crippen LogP contribution in [0.15, 0.2) is 59.9 Å². The van der Waals surface area contributed by atoms with Crippen molar-refractivity contribution >= 4 is 0 Å². The summed E-state index contributed by atoms with van der Waals surface area (Å²) in [5.74, 6) is 0.511. The molecule has 0 unspecified atom stereocenters. The molecule has 0 atom stereocenters. The second-order valence-corrected chi connectivity index (χ2v) is 2.85. The summed E-state index contributed by atoms with van der Waals surface area (Å²) in [5, 5.41) is 9.72. The zero-order chi connectivity index (χ0) is 8.39. The number of hydrogen-bond donors (Lipinski definition) is 1. The first kappa shape index (κ1) is 7.17. The predicted octanol–water partition coefficient (Wildman–Crippen LogP) is 2.67. The van der Waals surface area contributed by atoms with E-state index < -0.39 is 0 Å². The van der Waals surface area contributed by atoms with Gasteiger partial charge in [-0.05, 0) is 0 Å². The first-order valence-electron chi connectivity index (χ1n) is 4.01. The van der Waals surface area contributed by atoms with Gasteiger partial charge in [-0.2, -0.15) is 0 Å². The molecule has 0 aromatic carbocycles. The van der Waals surface area contributed by atoms with Crippen molar-refractivity contribution < 1.29 is 5.11 Å². The lowest BCUT2D eigenvalue weighted by Gasteiger charge is -2.05. The van der Waals surface area contributed by atoms with Gasteiger partial charge >= 0.3 is 0 Å². The molecule has 1 nitrogen and oxygen atoms in total. The lowest BCUT2D eigenvalue weighted by molar-refractivity contribution is 0.374. The minimum absolute atomic E-state index is 0.0763. The van der Waals surface area contributed by atoms with Gasteiger partial charge in [-0.15, -0.1) is 0 Å². The molecule has 60 valence electrons. The molecule has 0 fully saturated rings. The third kappa shape index (κ3) is 1.14. The maximum Gasteiger partial charge on any atom is 0.110 e. The molecule has 0 spiro atoms. The van der Waals surface area contributed by atoms with E-state index in [9.17, 15) is 5.11 Å². The largest absolute Gasteiger partial charge is 0.511 e. The highest BCUT2D eigenvalue weighted by Crippen LogP contribution is 2.22. The van der Waals surface area contributed by atoms with Gasteiger partial charge < -0.3 is 5.11 Å². The Kier molecular flexibility index (Phi) is 1.71. The topological polar surface area (TPSA) is 20.2 Å². The molecule has 0 saturated heterocycles. The maximum absolute atomic E-state index is 9.72. The fourth-order valence-corrected chi connectivity index (χ4v) is 1.35. The van der Waals surface area contributed by atoms with Gasteiger partial charge in [0, 0.05) is 5.57 Å². The molecular formula is C11H10O. The molecule has 0 bridgehead atoms. The Bertz CT molecular complexity index is 301. The van der Waals surface area contributed by atoms with Gasteiger partial charge in [0.25, 0.3) is 0 Å². The Balaban J connectivity index is 2.28. The van der Waals surface area contributed by atoms with Crippen LogP contribution in [0.4, 0.5) is 0 Å². The van der Waals surface area contributed by atoms with E-state index in [4.69, 9.17) is 0 Å². The molecule has 0 saturated carbocycles. The molecule has 0 heterocycles. The van der Waals surface area contributed by atoms with Crippen LogP contribution < -0.4 is 0 Å². The predicted molar refractivity (Wildman–Crippen MR) is 49.7 cm³/mol. The normalized spacial score (nSPS) is 19.8. The van der Waals surface area contributed by atoms with Crippen molar-refractivity contribution in [1.29, 1.82) is 0 Å². The van der Waals surface area contributed by atoms with Crippen LogP contribution in [0.3, 0.4) is 0 Å². The van der Waals surface area contributed by atoms with Crippen LogP contribution in [-0.2, 0) is 0 Å². The highest BCUT2D eigenvalue weighted by molar-refractivity contribution is 5.44. The molecule has 0 aromatic heterocycles. The van der Waals surface area contributed by atoms with Gasteiger partial charge in [0.15, 0.2) is 0 Å². The number of allylic oxidation sites excluding steroid dienone is 8. The van der Waals surface area contributed by atoms with Gasteiger partial charge in [-0.3, -0.25) is 0 Å². The summed E-state index contributed by atoms with van der Waals surface area (Å²) in [4.78, 5) is 0. The van der Waals surface area contributed by atoms with Crippen molar-refractivity contribution in [3.8, 4) is 0 Å². The Morgan fingerprint density at radius 1 is 1.00 bits per heavy atom. The molecule has 1 N–H and O–H groups in total. The maximum atomic E-state index is 9.72. The van der Waals surface area contributed by atoms with Crippen molar-refractivity contribution in [3.05, 3.63) is 59.9 Å². The van der Waals surface area contributed by atoms with Crippen molar-refractivity contribution in [2.24, 2.45) is 5.92 Å². The number of aliphatic hydroxyl groups is 1. The second kappa shape index (κ2) is 2.86. The Morgan fingerprint density at radius 3 is 2.17 bits per heavy atom. The molecule has 1 heteroatoms. The highest BCUT2D eigenvalue weighted by Gasteiger charge is 2.12. The van der Waals surface area contributed by atoms with E-state index >= 15 is 0 Å². The third-order valence-electron chi connectivity index (χ3n) is 2.02. The van der Waals surface area contributed by atoms with E-state index in [0.29, 0.717) is 5.76 Å². The quantitative estimate of drug-likeness (QED) is 0.582. The Hall–Kier alpha value is -1.50. The van der Waals surface area contributed by atoms with Crippen LogP contribution in [0, 0.1) is 5.92 Å². The first-order valence-corrected chi connectivity index (χ1v) is 4.01. The zero-order valence-corrected chi connectivity index (χ0v) is 6.64. The molecule has 2 aliphatic rings. The number of rotatable bonds is 1. The van der Waals surface area contributed by atoms with Crippen LogP contribution in [0.1, 0.15) is 0 Å². The SMILES string of the molecule is OC(=C1C=CC=C1)C1C=CC=C1. The van der Waals surface area contributed by atoms with Gasteiger partial charge in [-0.25, -0.2) is 0 Å². The summed E-state index contributed by atoms with van der Waals surface area (Å²) in [6.45, 7) is 0. The van der Waals surface area contributed by atoms with Crippen molar-refractivity contribution in [1.82, 2.24) is 0 Å². The minimum Gasteiger partial charge on any atom is -0.511 e. The monoisotopic (exact) mass is 158 g/mol. The molecule has 12 heavy (non-hydrogen) atoms. The van der Waals surface area contributed by atoms with E-state index in [1.54, 1.807) is 0 Å². The van der Waals surface area contributed by atoms with Crippen molar-refractivity contribution in [2.75, 3.05) is 0 Å². The zero-order valence-electron chi connectivity index (χ0n) is 6.64. The minimum atomic E-state index is 0.0763. The van der Waals surface area contributed by atoms with Gasteiger partial charge in [0.1, 0.15) is 5.76 Å². The lowest BCUT2D eigenvalue weighted by Crippen LogP contribution is -1.96. The molecule has 0 aliphatic heterocycles. The molecule has 2 aliphatic carbocycles. The molecule has 0 aromatic rings. The summed E-state index contributed by atoms with van der Waals surface area (Å²) >= 11 is 0. The van der Waals surface area contributed by atoms with E-state index in [-0.39, 0.29) is 5.92 Å². The average molecular weight is 158 g/mol. The number of hydrogen-bond acceptors (Lipinski definition) is 1. The summed E-state index contributed by atoms with van der Waals surface area (Å²) in [5.41, 5.74) is 0.913. The van der Waals surface area contributed by atoms with Crippen molar-refractivity contribution in [2.45, 2.75) is 0 Å². The highest BCUT2D eigenvalue weighted by atomic mass is 16.3. The van der Waals surface area contributed by atoms with Crippen LogP contribution in [0.2, 0.25) is 0 Å². The van der Waals surface area contributed by atoms with E-state index in [1.165, 1.54) is 0 Å². The second-order valence-electron chi connectivity index (χ2n) is 2.85. The van der Waals surface area contributed by atoms with E-state index in [0.717, 1.165) is 5.57 Å². The van der Waals surface area contributed by atoms with Crippen molar-refractivity contribution in [3.63, 3.8) is 0 Å². The third-order valence-corrected chi connectivity index (χ3v) is 2.02. The smallest absolute Gasteiger partial charge is 0.110 e. The molecule has 2 rings (SSSR count). The molecule has 0 amide bonds. The van der Waals surface area contributed by atoms with Crippen LogP contribution >= 0.6 is 0 Å². The van der Waals surface area contributed by atoms with Gasteiger partial charge in [-0.1, -0.05) is 48.6 Å². The van der Waals surface area contributed by atoms with Crippen LogP contribution in [0.25, 0.3) is 0 Å².